The molecule has 0 radical (unpaired) electrons. The van der Waals surface area contributed by atoms with E-state index in [9.17, 15) is 4.39 Å². The monoisotopic (exact) mass is 248 g/mol. The van der Waals surface area contributed by atoms with Gasteiger partial charge < -0.3 is 10.2 Å². The Bertz CT molecular complexity index is 378. The predicted molar refractivity (Wildman–Crippen MR) is 70.9 cm³/mol. The molecule has 0 amide bonds. The van der Waals surface area contributed by atoms with Gasteiger partial charge in [0.2, 0.25) is 0 Å². The van der Waals surface area contributed by atoms with Crippen LogP contribution in [0.15, 0.2) is 24.3 Å². The average Bonchev–Trinajstić information content (AvgIpc) is 3.23. The Balaban J connectivity index is 1.42. The Morgan fingerprint density at radius 3 is 2.33 bits per heavy atom. The van der Waals surface area contributed by atoms with Gasteiger partial charge in [0.05, 0.1) is 0 Å². The van der Waals surface area contributed by atoms with Crippen LogP contribution in [0.4, 0.5) is 4.39 Å². The summed E-state index contributed by atoms with van der Waals surface area (Å²) in [6.45, 7) is 3.34. The molecule has 18 heavy (non-hydrogen) atoms. The average molecular weight is 248 g/mol. The molecule has 2 aliphatic rings. The number of nitrogens with one attached hydrogen (secondary N) is 1. The van der Waals surface area contributed by atoms with Crippen molar-refractivity contribution in [1.82, 2.24) is 10.2 Å². The van der Waals surface area contributed by atoms with Crippen LogP contribution in [0, 0.1) is 5.82 Å². The summed E-state index contributed by atoms with van der Waals surface area (Å²) in [5.74, 6) is -0.156. The summed E-state index contributed by atoms with van der Waals surface area (Å²) in [6.07, 6.45) is 5.32. The Morgan fingerprint density at radius 2 is 1.72 bits per heavy atom. The van der Waals surface area contributed by atoms with Gasteiger partial charge in [0.15, 0.2) is 0 Å². The van der Waals surface area contributed by atoms with E-state index >= 15 is 0 Å². The molecule has 0 atom stereocenters. The first-order valence-electron chi connectivity index (χ1n) is 7.03. The number of nitrogens with zero attached hydrogens (tertiary/aromatic N) is 1. The zero-order valence-electron chi connectivity index (χ0n) is 10.7. The van der Waals surface area contributed by atoms with Crippen molar-refractivity contribution in [2.75, 3.05) is 13.1 Å². The van der Waals surface area contributed by atoms with Crippen molar-refractivity contribution in [1.29, 1.82) is 0 Å². The van der Waals surface area contributed by atoms with Gasteiger partial charge in [0, 0.05) is 18.6 Å². The summed E-state index contributed by atoms with van der Waals surface area (Å²) in [5, 5.41) is 3.59. The molecular formula is C15H21FN2. The number of benzene rings is 1. The second-order valence-electron chi connectivity index (χ2n) is 5.55. The molecule has 0 unspecified atom stereocenters. The van der Waals surface area contributed by atoms with Crippen LogP contribution in [-0.2, 0) is 6.54 Å². The topological polar surface area (TPSA) is 15.3 Å². The highest BCUT2D eigenvalue weighted by Crippen LogP contribution is 2.29. The van der Waals surface area contributed by atoms with Gasteiger partial charge >= 0.3 is 0 Å². The van der Waals surface area contributed by atoms with Gasteiger partial charge in [0.25, 0.3) is 0 Å². The molecule has 1 aliphatic heterocycles. The molecular weight excluding hydrogens is 227 g/mol. The fourth-order valence-electron chi connectivity index (χ4n) is 2.77. The summed E-state index contributed by atoms with van der Waals surface area (Å²) in [5.41, 5.74) is 1.17. The molecule has 98 valence electrons. The first-order valence-corrected chi connectivity index (χ1v) is 7.03. The molecule has 0 spiro atoms. The van der Waals surface area contributed by atoms with Crippen LogP contribution in [0.5, 0.6) is 0 Å². The SMILES string of the molecule is Fc1ccc(CNC2CCN(C3CC3)CC2)cc1. The molecule has 1 heterocycles. The standard InChI is InChI=1S/C15H21FN2/c16-13-3-1-12(2-4-13)11-17-14-7-9-18(10-8-14)15-5-6-15/h1-4,14-15,17H,5-11H2. The van der Waals surface area contributed by atoms with Gasteiger partial charge in [-0.15, -0.1) is 0 Å². The second-order valence-corrected chi connectivity index (χ2v) is 5.55. The van der Waals surface area contributed by atoms with E-state index in [1.54, 1.807) is 0 Å². The summed E-state index contributed by atoms with van der Waals surface area (Å²) < 4.78 is 12.8. The lowest BCUT2D eigenvalue weighted by molar-refractivity contribution is 0.189. The van der Waals surface area contributed by atoms with E-state index in [1.165, 1.54) is 56.5 Å². The van der Waals surface area contributed by atoms with Crippen molar-refractivity contribution < 1.29 is 4.39 Å². The lowest BCUT2D eigenvalue weighted by Gasteiger charge is -2.32. The van der Waals surface area contributed by atoms with Gasteiger partial charge in [-0.3, -0.25) is 0 Å². The highest BCUT2D eigenvalue weighted by atomic mass is 19.1. The molecule has 0 bridgehead atoms. The summed E-state index contributed by atoms with van der Waals surface area (Å²) in [7, 11) is 0. The van der Waals surface area contributed by atoms with E-state index in [2.05, 4.69) is 10.2 Å². The molecule has 1 aliphatic carbocycles. The van der Waals surface area contributed by atoms with Crippen LogP contribution < -0.4 is 5.32 Å². The molecule has 1 saturated carbocycles. The smallest absolute Gasteiger partial charge is 0.123 e. The summed E-state index contributed by atoms with van der Waals surface area (Å²) >= 11 is 0. The van der Waals surface area contributed by atoms with Crippen molar-refractivity contribution in [3.8, 4) is 0 Å². The number of likely N-dealkylation sites (tertiary alicyclic amines) is 1. The first kappa shape index (κ1) is 12.1. The van der Waals surface area contributed by atoms with Crippen molar-refractivity contribution in [3.05, 3.63) is 35.6 Å². The number of halogens is 1. The molecule has 3 rings (SSSR count). The number of rotatable bonds is 4. The fourth-order valence-corrected chi connectivity index (χ4v) is 2.77. The third-order valence-corrected chi connectivity index (χ3v) is 4.10. The first-order chi connectivity index (χ1) is 8.81. The Labute approximate surface area is 108 Å². The van der Waals surface area contributed by atoms with E-state index in [4.69, 9.17) is 0 Å². The maximum absolute atomic E-state index is 12.8. The quantitative estimate of drug-likeness (QED) is 0.881. The van der Waals surface area contributed by atoms with Gasteiger partial charge in [-0.05, 0) is 56.5 Å². The molecule has 0 aromatic heterocycles. The third-order valence-electron chi connectivity index (χ3n) is 4.10. The van der Waals surface area contributed by atoms with Crippen molar-refractivity contribution in [3.63, 3.8) is 0 Å². The Morgan fingerprint density at radius 1 is 1.06 bits per heavy atom. The van der Waals surface area contributed by atoms with E-state index in [0.717, 1.165) is 12.6 Å². The lowest BCUT2D eigenvalue weighted by Crippen LogP contribution is -2.43. The zero-order chi connectivity index (χ0) is 12.4. The molecule has 1 aromatic rings. The molecule has 1 aromatic carbocycles. The summed E-state index contributed by atoms with van der Waals surface area (Å²) in [4.78, 5) is 2.63. The van der Waals surface area contributed by atoms with Crippen molar-refractivity contribution in [2.24, 2.45) is 0 Å². The number of hydrogen-bond donors (Lipinski definition) is 1. The van der Waals surface area contributed by atoms with Crippen LogP contribution in [0.25, 0.3) is 0 Å². The van der Waals surface area contributed by atoms with Gasteiger partial charge in [-0.2, -0.15) is 0 Å². The van der Waals surface area contributed by atoms with E-state index in [0.29, 0.717) is 6.04 Å². The Kier molecular flexibility index (Phi) is 3.62. The highest BCUT2D eigenvalue weighted by Gasteiger charge is 2.31. The zero-order valence-corrected chi connectivity index (χ0v) is 10.7. The minimum absolute atomic E-state index is 0.156. The van der Waals surface area contributed by atoms with E-state index in [-0.39, 0.29) is 5.82 Å². The highest BCUT2D eigenvalue weighted by molar-refractivity contribution is 5.15. The Hall–Kier alpha value is -0.930. The number of hydrogen-bond acceptors (Lipinski definition) is 2. The lowest BCUT2D eigenvalue weighted by atomic mass is 10.0. The van der Waals surface area contributed by atoms with Crippen molar-refractivity contribution >= 4 is 0 Å². The van der Waals surface area contributed by atoms with Gasteiger partial charge in [-0.1, -0.05) is 12.1 Å². The summed E-state index contributed by atoms with van der Waals surface area (Å²) in [6, 6.07) is 8.33. The van der Waals surface area contributed by atoms with Crippen LogP contribution in [-0.4, -0.2) is 30.1 Å². The molecule has 1 N–H and O–H groups in total. The third kappa shape index (κ3) is 3.09. The van der Waals surface area contributed by atoms with E-state index < -0.39 is 0 Å². The van der Waals surface area contributed by atoms with Crippen LogP contribution in [0.1, 0.15) is 31.2 Å². The molecule has 2 fully saturated rings. The molecule has 2 nitrogen and oxygen atoms in total. The van der Waals surface area contributed by atoms with Crippen LogP contribution in [0.3, 0.4) is 0 Å². The van der Waals surface area contributed by atoms with Crippen LogP contribution >= 0.6 is 0 Å². The molecule has 1 saturated heterocycles. The minimum atomic E-state index is -0.156. The fraction of sp³-hybridized carbons (Fsp3) is 0.600. The predicted octanol–water partition coefficient (Wildman–Crippen LogP) is 2.54. The second kappa shape index (κ2) is 5.37. The van der Waals surface area contributed by atoms with Crippen LogP contribution in [0.2, 0.25) is 0 Å². The van der Waals surface area contributed by atoms with Crippen molar-refractivity contribution in [2.45, 2.75) is 44.3 Å². The maximum atomic E-state index is 12.8. The number of piperidine rings is 1. The van der Waals surface area contributed by atoms with E-state index in [1.807, 2.05) is 12.1 Å². The van der Waals surface area contributed by atoms with Gasteiger partial charge in [-0.25, -0.2) is 4.39 Å². The molecule has 3 heteroatoms. The normalized spacial score (nSPS) is 22.3. The van der Waals surface area contributed by atoms with Gasteiger partial charge in [0.1, 0.15) is 5.82 Å². The maximum Gasteiger partial charge on any atom is 0.123 e. The minimum Gasteiger partial charge on any atom is -0.310 e. The largest absolute Gasteiger partial charge is 0.310 e.